The molecule has 8 heteroatoms. The second-order valence-corrected chi connectivity index (χ2v) is 6.31. The third-order valence-corrected chi connectivity index (χ3v) is 5.16. The molecule has 20 heavy (non-hydrogen) atoms. The molecular formula is C12H15BrN2O4S. The lowest BCUT2D eigenvalue weighted by Gasteiger charge is -2.21. The van der Waals surface area contributed by atoms with Gasteiger partial charge in [-0.1, -0.05) is 0 Å². The number of thiophene rings is 1. The number of carbonyl (C=O) groups excluding carboxylic acids is 1. The fraction of sp³-hybridized carbons (Fsp3) is 0.500. The predicted octanol–water partition coefficient (Wildman–Crippen LogP) is 1.89. The SMILES string of the molecule is COC1CC(C(=O)O)N(C(=O)NCc2sccc2Br)C1. The van der Waals surface area contributed by atoms with Gasteiger partial charge in [0.1, 0.15) is 6.04 Å². The lowest BCUT2D eigenvalue weighted by Crippen LogP contribution is -2.45. The molecule has 2 atom stereocenters. The zero-order chi connectivity index (χ0) is 14.7. The summed E-state index contributed by atoms with van der Waals surface area (Å²) in [6, 6.07) is 0.701. The van der Waals surface area contributed by atoms with E-state index < -0.39 is 12.0 Å². The van der Waals surface area contributed by atoms with Gasteiger partial charge in [0.25, 0.3) is 0 Å². The molecule has 1 aliphatic rings. The third-order valence-electron chi connectivity index (χ3n) is 3.23. The monoisotopic (exact) mass is 362 g/mol. The lowest BCUT2D eigenvalue weighted by atomic mass is 10.2. The highest BCUT2D eigenvalue weighted by molar-refractivity contribution is 9.10. The number of ether oxygens (including phenoxy) is 1. The van der Waals surface area contributed by atoms with Crippen LogP contribution in [0, 0.1) is 0 Å². The smallest absolute Gasteiger partial charge is 0.326 e. The highest BCUT2D eigenvalue weighted by Crippen LogP contribution is 2.23. The lowest BCUT2D eigenvalue weighted by molar-refractivity contribution is -0.141. The Bertz CT molecular complexity index is 507. The molecule has 6 nitrogen and oxygen atoms in total. The fourth-order valence-corrected chi connectivity index (χ4v) is 3.57. The third kappa shape index (κ3) is 3.31. The van der Waals surface area contributed by atoms with Gasteiger partial charge in [-0.05, 0) is 27.4 Å². The van der Waals surface area contributed by atoms with Crippen molar-refractivity contribution in [2.45, 2.75) is 25.1 Å². The number of aliphatic carboxylic acids is 1. The highest BCUT2D eigenvalue weighted by Gasteiger charge is 2.39. The largest absolute Gasteiger partial charge is 0.480 e. The van der Waals surface area contributed by atoms with E-state index in [-0.39, 0.29) is 12.1 Å². The van der Waals surface area contributed by atoms with Crippen LogP contribution >= 0.6 is 27.3 Å². The van der Waals surface area contributed by atoms with E-state index in [0.717, 1.165) is 9.35 Å². The van der Waals surface area contributed by atoms with Crippen LogP contribution in [-0.2, 0) is 16.1 Å². The predicted molar refractivity (Wildman–Crippen MR) is 77.8 cm³/mol. The van der Waals surface area contributed by atoms with Gasteiger partial charge in [0.05, 0.1) is 12.6 Å². The zero-order valence-electron chi connectivity index (χ0n) is 10.8. The van der Waals surface area contributed by atoms with E-state index in [1.54, 1.807) is 0 Å². The van der Waals surface area contributed by atoms with E-state index in [0.29, 0.717) is 19.5 Å². The molecule has 0 spiro atoms. The summed E-state index contributed by atoms with van der Waals surface area (Å²) in [4.78, 5) is 25.6. The molecule has 1 fully saturated rings. The Hall–Kier alpha value is -1.12. The summed E-state index contributed by atoms with van der Waals surface area (Å²) in [7, 11) is 1.52. The molecule has 0 bridgehead atoms. The second kappa shape index (κ2) is 6.55. The van der Waals surface area contributed by atoms with Crippen LogP contribution in [0.15, 0.2) is 15.9 Å². The summed E-state index contributed by atoms with van der Waals surface area (Å²) < 4.78 is 6.09. The van der Waals surface area contributed by atoms with Gasteiger partial charge in [-0.2, -0.15) is 0 Å². The van der Waals surface area contributed by atoms with Crippen LogP contribution in [0.4, 0.5) is 4.79 Å². The van der Waals surface area contributed by atoms with Crippen molar-refractivity contribution in [3.05, 3.63) is 20.8 Å². The topological polar surface area (TPSA) is 78.9 Å². The number of nitrogens with one attached hydrogen (secondary N) is 1. The summed E-state index contributed by atoms with van der Waals surface area (Å²) in [6.07, 6.45) is 0.0948. The van der Waals surface area contributed by atoms with Crippen molar-refractivity contribution in [1.82, 2.24) is 10.2 Å². The Kier molecular flexibility index (Phi) is 5.00. The molecule has 110 valence electrons. The summed E-state index contributed by atoms with van der Waals surface area (Å²) in [6.45, 7) is 0.669. The molecule has 2 amide bonds. The van der Waals surface area contributed by atoms with Gasteiger partial charge in [0.15, 0.2) is 0 Å². The van der Waals surface area contributed by atoms with Crippen molar-refractivity contribution in [1.29, 1.82) is 0 Å². The number of urea groups is 1. The van der Waals surface area contributed by atoms with Crippen LogP contribution in [-0.4, -0.2) is 47.8 Å². The number of methoxy groups -OCH3 is 1. The number of hydrogen-bond acceptors (Lipinski definition) is 4. The number of carbonyl (C=O) groups is 2. The molecule has 1 saturated heterocycles. The first-order chi connectivity index (χ1) is 9.52. The summed E-state index contributed by atoms with van der Waals surface area (Å²) >= 11 is 4.91. The number of nitrogens with zero attached hydrogens (tertiary/aromatic N) is 1. The van der Waals surface area contributed by atoms with Crippen molar-refractivity contribution >= 4 is 39.3 Å². The van der Waals surface area contributed by atoms with Gasteiger partial charge in [0, 0.05) is 29.4 Å². The maximum Gasteiger partial charge on any atom is 0.326 e. The number of amides is 2. The molecule has 0 radical (unpaired) electrons. The van der Waals surface area contributed by atoms with Crippen LogP contribution in [0.5, 0.6) is 0 Å². The van der Waals surface area contributed by atoms with E-state index in [1.165, 1.54) is 23.3 Å². The standard InChI is InChI=1S/C12H15BrN2O4S/c1-19-7-4-9(11(16)17)15(6-7)12(18)14-5-10-8(13)2-3-20-10/h2-3,7,9H,4-6H2,1H3,(H,14,18)(H,16,17). The molecule has 0 aromatic carbocycles. The number of rotatable bonds is 4. The van der Waals surface area contributed by atoms with Gasteiger partial charge in [-0.15, -0.1) is 11.3 Å². The van der Waals surface area contributed by atoms with E-state index in [9.17, 15) is 9.59 Å². The first-order valence-electron chi connectivity index (χ1n) is 6.05. The average Bonchev–Trinajstić information content (AvgIpc) is 3.02. The molecular weight excluding hydrogens is 348 g/mol. The number of likely N-dealkylation sites (tertiary alicyclic amines) is 1. The normalized spacial score (nSPS) is 22.0. The minimum atomic E-state index is -1.00. The van der Waals surface area contributed by atoms with Crippen LogP contribution in [0.3, 0.4) is 0 Å². The first-order valence-corrected chi connectivity index (χ1v) is 7.72. The average molecular weight is 363 g/mol. The number of hydrogen-bond donors (Lipinski definition) is 2. The molecule has 2 rings (SSSR count). The second-order valence-electron chi connectivity index (χ2n) is 4.45. The summed E-state index contributed by atoms with van der Waals surface area (Å²) in [5.74, 6) is -1.00. The molecule has 2 N–H and O–H groups in total. The molecule has 1 aliphatic heterocycles. The van der Waals surface area contributed by atoms with E-state index in [2.05, 4.69) is 21.2 Å². The van der Waals surface area contributed by atoms with Crippen molar-refractivity contribution in [3.63, 3.8) is 0 Å². The van der Waals surface area contributed by atoms with Gasteiger partial charge >= 0.3 is 12.0 Å². The minimum Gasteiger partial charge on any atom is -0.480 e. The van der Waals surface area contributed by atoms with Gasteiger partial charge in [-0.25, -0.2) is 9.59 Å². The Morgan fingerprint density at radius 1 is 1.65 bits per heavy atom. The fourth-order valence-electron chi connectivity index (χ4n) is 2.14. The molecule has 1 aromatic heterocycles. The number of carboxylic acid groups (broad SMARTS) is 1. The summed E-state index contributed by atoms with van der Waals surface area (Å²) in [5.41, 5.74) is 0. The van der Waals surface area contributed by atoms with E-state index in [4.69, 9.17) is 9.84 Å². The maximum absolute atomic E-state index is 12.1. The van der Waals surface area contributed by atoms with Crippen LogP contribution in [0.25, 0.3) is 0 Å². The number of carboxylic acids is 1. The van der Waals surface area contributed by atoms with Crippen molar-refractivity contribution < 1.29 is 19.4 Å². The van der Waals surface area contributed by atoms with E-state index in [1.807, 2.05) is 11.4 Å². The van der Waals surface area contributed by atoms with Crippen LogP contribution in [0.2, 0.25) is 0 Å². The van der Waals surface area contributed by atoms with Crippen molar-refractivity contribution in [2.24, 2.45) is 0 Å². The first kappa shape index (κ1) is 15.3. The Balaban J connectivity index is 1.97. The van der Waals surface area contributed by atoms with Gasteiger partial charge in [0.2, 0.25) is 0 Å². The molecule has 0 saturated carbocycles. The summed E-state index contributed by atoms with van der Waals surface area (Å²) in [5, 5.41) is 13.8. The minimum absolute atomic E-state index is 0.227. The maximum atomic E-state index is 12.1. The van der Waals surface area contributed by atoms with Crippen LogP contribution < -0.4 is 5.32 Å². The zero-order valence-corrected chi connectivity index (χ0v) is 13.2. The Morgan fingerprint density at radius 2 is 2.40 bits per heavy atom. The molecule has 0 aliphatic carbocycles. The molecule has 1 aromatic rings. The quantitative estimate of drug-likeness (QED) is 0.857. The molecule has 2 unspecified atom stereocenters. The van der Waals surface area contributed by atoms with Gasteiger partial charge < -0.3 is 20.1 Å². The highest BCUT2D eigenvalue weighted by atomic mass is 79.9. The molecule has 2 heterocycles. The Labute approximate surface area is 128 Å². The number of halogens is 1. The van der Waals surface area contributed by atoms with Crippen molar-refractivity contribution in [3.8, 4) is 0 Å². The van der Waals surface area contributed by atoms with Crippen LogP contribution in [0.1, 0.15) is 11.3 Å². The Morgan fingerprint density at radius 3 is 2.95 bits per heavy atom. The van der Waals surface area contributed by atoms with Gasteiger partial charge in [-0.3, -0.25) is 0 Å². The van der Waals surface area contributed by atoms with Crippen molar-refractivity contribution in [2.75, 3.05) is 13.7 Å². The van der Waals surface area contributed by atoms with E-state index >= 15 is 0 Å².